The molecule has 0 spiro atoms. The number of nitrogens with zero attached hydrogens (tertiary/aromatic N) is 1. The topological polar surface area (TPSA) is 63.4 Å². The summed E-state index contributed by atoms with van der Waals surface area (Å²) in [7, 11) is 0. The average Bonchev–Trinajstić information content (AvgIpc) is 2.13. The molecule has 1 unspecified atom stereocenters. The Morgan fingerprint density at radius 2 is 1.93 bits per heavy atom. The molecule has 0 aliphatic carbocycles. The smallest absolute Gasteiger partial charge is 0.237 e. The molecule has 0 aliphatic rings. The molecule has 15 heavy (non-hydrogen) atoms. The van der Waals surface area contributed by atoms with Gasteiger partial charge in [-0.05, 0) is 12.3 Å². The predicted octanol–water partition coefficient (Wildman–Crippen LogP) is 1.13. The molecule has 0 aromatic heterocycles. The Balaban J connectivity index is 4.47. The molecule has 0 rings (SSSR count). The number of nitrogens with two attached hydrogens (primary N) is 1. The highest BCUT2D eigenvalue weighted by atomic mass is 79.9. The lowest BCUT2D eigenvalue weighted by Crippen LogP contribution is -2.43. The third-order valence-corrected chi connectivity index (χ3v) is 2.91. The highest BCUT2D eigenvalue weighted by Crippen LogP contribution is 2.10. The fourth-order valence-electron chi connectivity index (χ4n) is 1.23. The number of hydrogen-bond donors (Lipinski definition) is 1. The molecule has 0 radical (unpaired) electrons. The van der Waals surface area contributed by atoms with Crippen LogP contribution < -0.4 is 5.73 Å². The van der Waals surface area contributed by atoms with Crippen molar-refractivity contribution in [2.24, 2.45) is 11.7 Å². The Morgan fingerprint density at radius 1 is 1.40 bits per heavy atom. The first-order valence-corrected chi connectivity index (χ1v) is 6.01. The highest BCUT2D eigenvalue weighted by molar-refractivity contribution is 9.10. The minimum absolute atomic E-state index is 0.000880. The van der Waals surface area contributed by atoms with E-state index in [4.69, 9.17) is 5.73 Å². The van der Waals surface area contributed by atoms with Crippen molar-refractivity contribution >= 4 is 27.7 Å². The van der Waals surface area contributed by atoms with Crippen LogP contribution in [0.5, 0.6) is 0 Å². The van der Waals surface area contributed by atoms with E-state index in [-0.39, 0.29) is 17.3 Å². The van der Waals surface area contributed by atoms with E-state index >= 15 is 0 Å². The first-order chi connectivity index (χ1) is 6.88. The highest BCUT2D eigenvalue weighted by Gasteiger charge is 2.22. The lowest BCUT2D eigenvalue weighted by molar-refractivity contribution is -0.135. The summed E-state index contributed by atoms with van der Waals surface area (Å²) in [5.74, 6) is -0.213. The van der Waals surface area contributed by atoms with E-state index in [0.717, 1.165) is 0 Å². The Hall–Kier alpha value is -0.580. The van der Waals surface area contributed by atoms with Gasteiger partial charge in [-0.1, -0.05) is 36.7 Å². The molecular weight excluding hydrogens is 260 g/mol. The minimum Gasteiger partial charge on any atom is -0.368 e. The molecular formula is C10H19BrN2O2. The summed E-state index contributed by atoms with van der Waals surface area (Å²) in [6.45, 7) is 6.46. The first kappa shape index (κ1) is 14.4. The van der Waals surface area contributed by atoms with Crippen molar-refractivity contribution in [2.75, 3.05) is 13.1 Å². The molecule has 5 heteroatoms. The molecule has 2 amide bonds. The van der Waals surface area contributed by atoms with E-state index in [9.17, 15) is 9.59 Å². The molecule has 0 saturated heterocycles. The van der Waals surface area contributed by atoms with Gasteiger partial charge in [-0.25, -0.2) is 0 Å². The van der Waals surface area contributed by atoms with Gasteiger partial charge >= 0.3 is 0 Å². The van der Waals surface area contributed by atoms with Crippen LogP contribution in [0.2, 0.25) is 0 Å². The van der Waals surface area contributed by atoms with Gasteiger partial charge in [0.25, 0.3) is 0 Å². The Kier molecular flexibility index (Phi) is 6.56. The molecule has 0 saturated carbocycles. The zero-order valence-corrected chi connectivity index (χ0v) is 11.1. The molecule has 0 bridgehead atoms. The van der Waals surface area contributed by atoms with Crippen molar-refractivity contribution in [3.8, 4) is 0 Å². The molecule has 0 aromatic rings. The average molecular weight is 279 g/mol. The summed E-state index contributed by atoms with van der Waals surface area (Å²) < 4.78 is 0. The van der Waals surface area contributed by atoms with E-state index < -0.39 is 5.91 Å². The summed E-state index contributed by atoms with van der Waals surface area (Å²) in [6, 6.07) is 0. The fourth-order valence-corrected chi connectivity index (χ4v) is 1.52. The molecule has 4 nitrogen and oxygen atoms in total. The molecule has 1 atom stereocenters. The van der Waals surface area contributed by atoms with Crippen molar-refractivity contribution in [1.29, 1.82) is 0 Å². The van der Waals surface area contributed by atoms with Crippen molar-refractivity contribution < 1.29 is 9.59 Å². The number of rotatable bonds is 6. The number of amides is 2. The Bertz CT molecular complexity index is 231. The standard InChI is InChI=1S/C10H19BrN2O2/c1-4-8(11)10(15)13(5-7(2)3)6-9(12)14/h7-8H,4-6H2,1-3H3,(H2,12,14). The quantitative estimate of drug-likeness (QED) is 0.741. The van der Waals surface area contributed by atoms with Gasteiger partial charge in [0.15, 0.2) is 0 Å². The molecule has 0 fully saturated rings. The van der Waals surface area contributed by atoms with Gasteiger partial charge in [-0.3, -0.25) is 9.59 Å². The summed E-state index contributed by atoms with van der Waals surface area (Å²) >= 11 is 3.28. The normalized spacial score (nSPS) is 12.6. The van der Waals surface area contributed by atoms with Crippen LogP contribution in [0.25, 0.3) is 0 Å². The van der Waals surface area contributed by atoms with Gasteiger partial charge in [0.1, 0.15) is 0 Å². The van der Waals surface area contributed by atoms with Gasteiger partial charge in [0, 0.05) is 6.54 Å². The van der Waals surface area contributed by atoms with Crippen LogP contribution in [-0.2, 0) is 9.59 Å². The van der Waals surface area contributed by atoms with Crippen molar-refractivity contribution in [2.45, 2.75) is 32.0 Å². The Labute approximate surface area is 99.3 Å². The SMILES string of the molecule is CCC(Br)C(=O)N(CC(N)=O)CC(C)C. The van der Waals surface area contributed by atoms with Gasteiger partial charge < -0.3 is 10.6 Å². The van der Waals surface area contributed by atoms with Gasteiger partial charge in [-0.15, -0.1) is 0 Å². The Morgan fingerprint density at radius 3 is 2.27 bits per heavy atom. The van der Waals surface area contributed by atoms with Crippen molar-refractivity contribution in [1.82, 2.24) is 4.90 Å². The van der Waals surface area contributed by atoms with Gasteiger partial charge in [-0.2, -0.15) is 0 Å². The van der Waals surface area contributed by atoms with Crippen molar-refractivity contribution in [3.05, 3.63) is 0 Å². The second-order valence-electron chi connectivity index (χ2n) is 3.95. The molecule has 2 N–H and O–H groups in total. The van der Waals surface area contributed by atoms with Crippen LogP contribution in [-0.4, -0.2) is 34.6 Å². The number of primary amides is 1. The third kappa shape index (κ3) is 5.77. The summed E-state index contributed by atoms with van der Waals surface area (Å²) in [5, 5.41) is 0. The van der Waals surface area contributed by atoms with Crippen LogP contribution in [0.1, 0.15) is 27.2 Å². The maximum Gasteiger partial charge on any atom is 0.237 e. The summed E-state index contributed by atoms with van der Waals surface area (Å²) in [4.78, 5) is 23.9. The zero-order chi connectivity index (χ0) is 12.0. The number of hydrogen-bond acceptors (Lipinski definition) is 2. The predicted molar refractivity (Wildman–Crippen MR) is 63.6 cm³/mol. The number of carbonyl (C=O) groups excluding carboxylic acids is 2. The maximum atomic E-state index is 11.8. The first-order valence-electron chi connectivity index (χ1n) is 5.09. The van der Waals surface area contributed by atoms with Crippen LogP contribution >= 0.6 is 15.9 Å². The number of halogens is 1. The van der Waals surface area contributed by atoms with Crippen LogP contribution in [0.15, 0.2) is 0 Å². The van der Waals surface area contributed by atoms with Gasteiger partial charge in [0.2, 0.25) is 11.8 Å². The van der Waals surface area contributed by atoms with E-state index in [1.54, 1.807) is 0 Å². The molecule has 88 valence electrons. The second kappa shape index (κ2) is 6.82. The lowest BCUT2D eigenvalue weighted by Gasteiger charge is -2.25. The van der Waals surface area contributed by atoms with E-state index in [1.165, 1.54) is 4.90 Å². The third-order valence-electron chi connectivity index (χ3n) is 1.87. The van der Waals surface area contributed by atoms with E-state index in [1.807, 2.05) is 20.8 Å². The van der Waals surface area contributed by atoms with Crippen LogP contribution in [0, 0.1) is 5.92 Å². The van der Waals surface area contributed by atoms with E-state index in [0.29, 0.717) is 18.9 Å². The number of carbonyl (C=O) groups is 2. The van der Waals surface area contributed by atoms with Crippen molar-refractivity contribution in [3.63, 3.8) is 0 Å². The summed E-state index contributed by atoms with van der Waals surface area (Å²) in [6.07, 6.45) is 0.701. The molecule has 0 aliphatic heterocycles. The van der Waals surface area contributed by atoms with Crippen LogP contribution in [0.4, 0.5) is 0 Å². The number of alkyl halides is 1. The molecule has 0 aromatic carbocycles. The lowest BCUT2D eigenvalue weighted by atomic mass is 10.2. The zero-order valence-electron chi connectivity index (χ0n) is 9.50. The monoisotopic (exact) mass is 278 g/mol. The maximum absolute atomic E-state index is 11.8. The fraction of sp³-hybridized carbons (Fsp3) is 0.800. The van der Waals surface area contributed by atoms with Gasteiger partial charge in [0.05, 0.1) is 11.4 Å². The second-order valence-corrected chi connectivity index (χ2v) is 5.06. The minimum atomic E-state index is -0.472. The summed E-state index contributed by atoms with van der Waals surface area (Å²) in [5.41, 5.74) is 5.10. The van der Waals surface area contributed by atoms with Crippen LogP contribution in [0.3, 0.4) is 0 Å². The molecule has 0 heterocycles. The largest absolute Gasteiger partial charge is 0.368 e. The van der Waals surface area contributed by atoms with E-state index in [2.05, 4.69) is 15.9 Å².